The number of aromatic hydroxyl groups is 1. The predicted molar refractivity (Wildman–Crippen MR) is 124 cm³/mol. The lowest BCUT2D eigenvalue weighted by molar-refractivity contribution is 0.471. The molecule has 0 aliphatic carbocycles. The standard InChI is InChI=1S/C24H30BrN3O2/c1-5-27-22(8-6-7-17-11-14-20(25)21(29)15-17)26-28(23(27)30)16-18-9-12-19(13-10-18)24(2,3)4/h9-15,29H,5-8,16H2,1-4H3. The fourth-order valence-electron chi connectivity index (χ4n) is 3.54. The van der Waals surface area contributed by atoms with Gasteiger partial charge in [-0.1, -0.05) is 51.1 Å². The topological polar surface area (TPSA) is 60.0 Å². The number of phenols is 1. The van der Waals surface area contributed by atoms with Crippen LogP contribution in [0.4, 0.5) is 0 Å². The van der Waals surface area contributed by atoms with Crippen LogP contribution in [-0.4, -0.2) is 19.5 Å². The van der Waals surface area contributed by atoms with Crippen LogP contribution in [0.2, 0.25) is 0 Å². The zero-order valence-corrected chi connectivity index (χ0v) is 19.7. The number of hydrogen-bond acceptors (Lipinski definition) is 3. The first kappa shape index (κ1) is 22.3. The molecule has 5 nitrogen and oxygen atoms in total. The zero-order chi connectivity index (χ0) is 21.9. The molecule has 3 rings (SSSR count). The van der Waals surface area contributed by atoms with E-state index in [9.17, 15) is 9.90 Å². The Morgan fingerprint density at radius 1 is 1.03 bits per heavy atom. The number of benzene rings is 2. The van der Waals surface area contributed by atoms with Gasteiger partial charge in [-0.25, -0.2) is 9.48 Å². The summed E-state index contributed by atoms with van der Waals surface area (Å²) in [6.07, 6.45) is 2.40. The van der Waals surface area contributed by atoms with Crippen LogP contribution in [0.3, 0.4) is 0 Å². The van der Waals surface area contributed by atoms with Gasteiger partial charge in [-0.2, -0.15) is 5.10 Å². The van der Waals surface area contributed by atoms with Crippen molar-refractivity contribution in [3.63, 3.8) is 0 Å². The van der Waals surface area contributed by atoms with Crippen LogP contribution in [0.25, 0.3) is 0 Å². The minimum absolute atomic E-state index is 0.0614. The van der Waals surface area contributed by atoms with Crippen molar-refractivity contribution in [2.75, 3.05) is 0 Å². The van der Waals surface area contributed by atoms with Gasteiger partial charge in [0.2, 0.25) is 0 Å². The number of hydrogen-bond donors (Lipinski definition) is 1. The van der Waals surface area contributed by atoms with Crippen LogP contribution in [-0.2, 0) is 31.3 Å². The van der Waals surface area contributed by atoms with Crippen molar-refractivity contribution in [3.8, 4) is 5.75 Å². The molecule has 1 N–H and O–H groups in total. The number of rotatable bonds is 7. The molecule has 3 aromatic rings. The van der Waals surface area contributed by atoms with E-state index in [-0.39, 0.29) is 16.9 Å². The van der Waals surface area contributed by atoms with Gasteiger partial charge in [0.05, 0.1) is 11.0 Å². The SMILES string of the molecule is CCn1c(CCCc2ccc(Br)c(O)c2)nn(Cc2ccc(C(C)(C)C)cc2)c1=O. The summed E-state index contributed by atoms with van der Waals surface area (Å²) < 4.78 is 4.01. The van der Waals surface area contributed by atoms with Gasteiger partial charge in [-0.05, 0) is 69.9 Å². The molecule has 0 bridgehead atoms. The highest BCUT2D eigenvalue weighted by atomic mass is 79.9. The molecule has 30 heavy (non-hydrogen) atoms. The van der Waals surface area contributed by atoms with E-state index in [1.807, 2.05) is 19.1 Å². The molecular weight excluding hydrogens is 442 g/mol. The fourth-order valence-corrected chi connectivity index (χ4v) is 3.79. The predicted octanol–water partition coefficient (Wildman–Crippen LogP) is 5.05. The molecule has 0 aliphatic heterocycles. The Labute approximate surface area is 186 Å². The van der Waals surface area contributed by atoms with Crippen molar-refractivity contribution in [3.05, 3.63) is 79.9 Å². The van der Waals surface area contributed by atoms with Crippen LogP contribution in [0.5, 0.6) is 5.75 Å². The summed E-state index contributed by atoms with van der Waals surface area (Å²) >= 11 is 3.30. The van der Waals surface area contributed by atoms with Gasteiger partial charge in [-0.15, -0.1) is 0 Å². The molecule has 160 valence electrons. The largest absolute Gasteiger partial charge is 0.507 e. The van der Waals surface area contributed by atoms with E-state index in [0.29, 0.717) is 17.6 Å². The number of aromatic nitrogens is 3. The third kappa shape index (κ3) is 5.22. The maximum Gasteiger partial charge on any atom is 0.346 e. The van der Waals surface area contributed by atoms with Gasteiger partial charge in [0.15, 0.2) is 0 Å². The first-order valence-electron chi connectivity index (χ1n) is 10.4. The van der Waals surface area contributed by atoms with Crippen molar-refractivity contribution < 1.29 is 5.11 Å². The molecule has 0 radical (unpaired) electrons. The molecular formula is C24H30BrN3O2. The summed E-state index contributed by atoms with van der Waals surface area (Å²) in [6.45, 7) is 9.63. The number of nitrogens with zero attached hydrogens (tertiary/aromatic N) is 3. The van der Waals surface area contributed by atoms with Crippen molar-refractivity contribution in [2.24, 2.45) is 0 Å². The van der Waals surface area contributed by atoms with E-state index in [2.05, 4.69) is 66.1 Å². The summed E-state index contributed by atoms with van der Waals surface area (Å²) in [4.78, 5) is 12.8. The first-order valence-corrected chi connectivity index (χ1v) is 11.2. The molecule has 0 atom stereocenters. The van der Waals surface area contributed by atoms with Gasteiger partial charge in [0.1, 0.15) is 11.6 Å². The second-order valence-electron chi connectivity index (χ2n) is 8.69. The van der Waals surface area contributed by atoms with Gasteiger partial charge < -0.3 is 5.11 Å². The summed E-state index contributed by atoms with van der Waals surface area (Å²) in [6, 6.07) is 14.0. The van der Waals surface area contributed by atoms with Gasteiger partial charge in [0.25, 0.3) is 0 Å². The van der Waals surface area contributed by atoms with Crippen LogP contribution < -0.4 is 5.69 Å². The smallest absolute Gasteiger partial charge is 0.346 e. The van der Waals surface area contributed by atoms with Crippen LogP contribution in [0.15, 0.2) is 51.7 Å². The Kier molecular flexibility index (Phi) is 6.86. The van der Waals surface area contributed by atoms with Crippen molar-refractivity contribution >= 4 is 15.9 Å². The maximum absolute atomic E-state index is 12.8. The minimum Gasteiger partial charge on any atom is -0.507 e. The molecule has 0 fully saturated rings. The summed E-state index contributed by atoms with van der Waals surface area (Å²) in [7, 11) is 0. The lowest BCUT2D eigenvalue weighted by Crippen LogP contribution is -2.25. The molecule has 0 amide bonds. The lowest BCUT2D eigenvalue weighted by atomic mass is 9.87. The molecule has 2 aromatic carbocycles. The van der Waals surface area contributed by atoms with Gasteiger partial charge in [0, 0.05) is 13.0 Å². The van der Waals surface area contributed by atoms with E-state index in [1.165, 1.54) is 5.56 Å². The Balaban J connectivity index is 1.70. The Hall–Kier alpha value is -2.34. The van der Waals surface area contributed by atoms with Gasteiger partial charge >= 0.3 is 5.69 Å². The highest BCUT2D eigenvalue weighted by Gasteiger charge is 2.15. The molecule has 0 saturated heterocycles. The van der Waals surface area contributed by atoms with Crippen LogP contribution >= 0.6 is 15.9 Å². The van der Waals surface area contributed by atoms with E-state index in [1.54, 1.807) is 15.3 Å². The lowest BCUT2D eigenvalue weighted by Gasteiger charge is -2.19. The van der Waals surface area contributed by atoms with E-state index in [4.69, 9.17) is 0 Å². The zero-order valence-electron chi connectivity index (χ0n) is 18.2. The minimum atomic E-state index is -0.0614. The number of halogens is 1. The van der Waals surface area contributed by atoms with Crippen molar-refractivity contribution in [1.82, 2.24) is 14.3 Å². The van der Waals surface area contributed by atoms with E-state index in [0.717, 1.165) is 36.2 Å². The number of phenolic OH excluding ortho intramolecular Hbond substituents is 1. The Morgan fingerprint density at radius 3 is 2.30 bits per heavy atom. The first-order chi connectivity index (χ1) is 14.2. The molecule has 0 aliphatic rings. The molecule has 6 heteroatoms. The Morgan fingerprint density at radius 2 is 1.70 bits per heavy atom. The van der Waals surface area contributed by atoms with Crippen LogP contribution in [0.1, 0.15) is 56.6 Å². The number of aryl methyl sites for hydroxylation is 2. The maximum atomic E-state index is 12.8. The highest BCUT2D eigenvalue weighted by molar-refractivity contribution is 9.10. The normalized spacial score (nSPS) is 11.8. The second-order valence-corrected chi connectivity index (χ2v) is 9.54. The highest BCUT2D eigenvalue weighted by Crippen LogP contribution is 2.25. The summed E-state index contributed by atoms with van der Waals surface area (Å²) in [5.74, 6) is 1.06. The summed E-state index contributed by atoms with van der Waals surface area (Å²) in [5, 5.41) is 14.5. The average Bonchev–Trinajstić information content (AvgIpc) is 2.99. The van der Waals surface area contributed by atoms with E-state index < -0.39 is 0 Å². The average molecular weight is 472 g/mol. The molecule has 0 saturated carbocycles. The third-order valence-corrected chi connectivity index (χ3v) is 6.01. The van der Waals surface area contributed by atoms with Gasteiger partial charge in [-0.3, -0.25) is 4.57 Å². The summed E-state index contributed by atoms with van der Waals surface area (Å²) in [5.41, 5.74) is 3.46. The second kappa shape index (κ2) is 9.21. The molecule has 0 spiro atoms. The fraction of sp³-hybridized carbons (Fsp3) is 0.417. The molecule has 1 aromatic heterocycles. The van der Waals surface area contributed by atoms with Crippen molar-refractivity contribution in [1.29, 1.82) is 0 Å². The van der Waals surface area contributed by atoms with E-state index >= 15 is 0 Å². The van der Waals surface area contributed by atoms with Crippen molar-refractivity contribution in [2.45, 2.75) is 65.5 Å². The van der Waals surface area contributed by atoms with Crippen LogP contribution in [0, 0.1) is 0 Å². The third-order valence-electron chi connectivity index (χ3n) is 5.34. The molecule has 1 heterocycles. The monoisotopic (exact) mass is 471 g/mol. The quantitative estimate of drug-likeness (QED) is 0.523. The molecule has 0 unspecified atom stereocenters. The Bertz CT molecular complexity index is 1060.